The van der Waals surface area contributed by atoms with Gasteiger partial charge in [-0.05, 0) is 44.4 Å². The Morgan fingerprint density at radius 1 is 1.06 bits per heavy atom. The Kier molecular flexibility index (Phi) is 11.6. The third-order valence-electron chi connectivity index (χ3n) is 3.63. The molecule has 0 aliphatic heterocycles. The Labute approximate surface area is 109 Å². The highest BCUT2D eigenvalue weighted by Crippen LogP contribution is 2.21. The van der Waals surface area contributed by atoms with Gasteiger partial charge in [0, 0.05) is 0 Å². The molecule has 100 valence electrons. The lowest BCUT2D eigenvalue weighted by molar-refractivity contribution is 0.426. The molecular weight excluding hydrogens is 204 g/mol. The standard InChI is InChI=1S/C17H32/c1-5-8-10-12-16(4)13-11-15-17(7-3)14-9-6-2/h6,17H,2,4-5,7-15H2,1,3H3. The van der Waals surface area contributed by atoms with Gasteiger partial charge in [0.15, 0.2) is 0 Å². The molecule has 0 heteroatoms. The van der Waals surface area contributed by atoms with E-state index < -0.39 is 0 Å². The molecule has 0 saturated heterocycles. The van der Waals surface area contributed by atoms with E-state index in [0.717, 1.165) is 5.92 Å². The van der Waals surface area contributed by atoms with Crippen molar-refractivity contribution in [2.24, 2.45) is 5.92 Å². The van der Waals surface area contributed by atoms with Crippen LogP contribution in [0.4, 0.5) is 0 Å². The minimum atomic E-state index is 0.899. The van der Waals surface area contributed by atoms with Gasteiger partial charge in [0.2, 0.25) is 0 Å². The fraction of sp³-hybridized carbons (Fsp3) is 0.765. The Balaban J connectivity index is 3.51. The molecule has 0 aliphatic rings. The molecular formula is C17H32. The third-order valence-corrected chi connectivity index (χ3v) is 3.63. The van der Waals surface area contributed by atoms with Gasteiger partial charge in [0.1, 0.15) is 0 Å². The van der Waals surface area contributed by atoms with Crippen molar-refractivity contribution < 1.29 is 0 Å². The third kappa shape index (κ3) is 10.4. The first kappa shape index (κ1) is 16.5. The van der Waals surface area contributed by atoms with Crippen LogP contribution in [0.5, 0.6) is 0 Å². The number of hydrogen-bond acceptors (Lipinski definition) is 0. The summed E-state index contributed by atoms with van der Waals surface area (Å²) in [7, 11) is 0. The van der Waals surface area contributed by atoms with Gasteiger partial charge in [-0.25, -0.2) is 0 Å². The summed E-state index contributed by atoms with van der Waals surface area (Å²) in [6.07, 6.45) is 15.1. The predicted octanol–water partition coefficient (Wildman–Crippen LogP) is 6.29. The summed E-state index contributed by atoms with van der Waals surface area (Å²) in [5, 5.41) is 0. The second-order valence-electron chi connectivity index (χ2n) is 5.24. The molecule has 0 aromatic carbocycles. The van der Waals surface area contributed by atoms with E-state index in [4.69, 9.17) is 0 Å². The molecule has 17 heavy (non-hydrogen) atoms. The van der Waals surface area contributed by atoms with Crippen LogP contribution in [0.1, 0.15) is 78.1 Å². The highest BCUT2D eigenvalue weighted by atomic mass is 14.1. The first-order chi connectivity index (χ1) is 8.24. The van der Waals surface area contributed by atoms with Gasteiger partial charge < -0.3 is 0 Å². The zero-order chi connectivity index (χ0) is 12.9. The van der Waals surface area contributed by atoms with Crippen LogP contribution in [0.3, 0.4) is 0 Å². The van der Waals surface area contributed by atoms with Crippen molar-refractivity contribution in [3.63, 3.8) is 0 Å². The molecule has 0 radical (unpaired) electrons. The Bertz CT molecular complexity index is 190. The molecule has 0 aromatic heterocycles. The van der Waals surface area contributed by atoms with E-state index in [1.165, 1.54) is 69.8 Å². The normalized spacial score (nSPS) is 12.4. The van der Waals surface area contributed by atoms with Gasteiger partial charge in [-0.2, -0.15) is 0 Å². The summed E-state index contributed by atoms with van der Waals surface area (Å²) in [4.78, 5) is 0. The number of hydrogen-bond donors (Lipinski definition) is 0. The monoisotopic (exact) mass is 236 g/mol. The molecule has 0 nitrogen and oxygen atoms in total. The summed E-state index contributed by atoms with van der Waals surface area (Å²) in [5.41, 5.74) is 1.47. The maximum Gasteiger partial charge on any atom is -0.0323 e. The largest absolute Gasteiger partial charge is 0.103 e. The van der Waals surface area contributed by atoms with Crippen molar-refractivity contribution in [2.45, 2.75) is 78.1 Å². The Morgan fingerprint density at radius 3 is 2.35 bits per heavy atom. The van der Waals surface area contributed by atoms with Crippen LogP contribution in [0, 0.1) is 5.92 Å². The quantitative estimate of drug-likeness (QED) is 0.276. The average Bonchev–Trinajstić information content (AvgIpc) is 2.34. The molecule has 0 rings (SSSR count). The zero-order valence-corrected chi connectivity index (χ0v) is 12.1. The van der Waals surface area contributed by atoms with Crippen LogP contribution in [-0.2, 0) is 0 Å². The molecule has 0 amide bonds. The topological polar surface area (TPSA) is 0 Å². The van der Waals surface area contributed by atoms with Crippen LogP contribution in [0.25, 0.3) is 0 Å². The molecule has 0 N–H and O–H groups in total. The summed E-state index contributed by atoms with van der Waals surface area (Å²) in [6, 6.07) is 0. The van der Waals surface area contributed by atoms with Crippen molar-refractivity contribution in [1.82, 2.24) is 0 Å². The Morgan fingerprint density at radius 2 is 1.76 bits per heavy atom. The fourth-order valence-corrected chi connectivity index (χ4v) is 2.30. The molecule has 0 heterocycles. The molecule has 0 saturated carbocycles. The van der Waals surface area contributed by atoms with Crippen LogP contribution in [0.2, 0.25) is 0 Å². The van der Waals surface area contributed by atoms with E-state index in [0.29, 0.717) is 0 Å². The van der Waals surface area contributed by atoms with Crippen molar-refractivity contribution in [3.05, 3.63) is 24.8 Å². The molecule has 0 spiro atoms. The summed E-state index contributed by atoms with van der Waals surface area (Å²) >= 11 is 0. The van der Waals surface area contributed by atoms with Gasteiger partial charge in [0.25, 0.3) is 0 Å². The number of rotatable bonds is 12. The van der Waals surface area contributed by atoms with E-state index in [1.54, 1.807) is 0 Å². The lowest BCUT2D eigenvalue weighted by Gasteiger charge is -2.14. The van der Waals surface area contributed by atoms with Crippen molar-refractivity contribution in [3.8, 4) is 0 Å². The zero-order valence-electron chi connectivity index (χ0n) is 12.1. The summed E-state index contributed by atoms with van der Waals surface area (Å²) in [5.74, 6) is 0.899. The molecule has 1 unspecified atom stereocenters. The first-order valence-electron chi connectivity index (χ1n) is 7.52. The Hall–Kier alpha value is -0.520. The predicted molar refractivity (Wildman–Crippen MR) is 80.3 cm³/mol. The second-order valence-corrected chi connectivity index (χ2v) is 5.24. The highest BCUT2D eigenvalue weighted by Gasteiger charge is 2.05. The smallest absolute Gasteiger partial charge is 0.0323 e. The molecule has 0 fully saturated rings. The van der Waals surface area contributed by atoms with Gasteiger partial charge >= 0.3 is 0 Å². The first-order valence-corrected chi connectivity index (χ1v) is 7.52. The lowest BCUT2D eigenvalue weighted by Crippen LogP contribution is -1.98. The van der Waals surface area contributed by atoms with Crippen molar-refractivity contribution in [1.29, 1.82) is 0 Å². The number of allylic oxidation sites excluding steroid dienone is 2. The molecule has 1 atom stereocenters. The van der Waals surface area contributed by atoms with Crippen LogP contribution in [0.15, 0.2) is 24.8 Å². The van der Waals surface area contributed by atoms with Crippen molar-refractivity contribution in [2.75, 3.05) is 0 Å². The molecule has 0 bridgehead atoms. The van der Waals surface area contributed by atoms with Crippen molar-refractivity contribution >= 4 is 0 Å². The SMILES string of the molecule is C=CCCC(CC)CCCC(=C)CCCCC. The van der Waals surface area contributed by atoms with Crippen LogP contribution >= 0.6 is 0 Å². The van der Waals surface area contributed by atoms with E-state index in [1.807, 2.05) is 6.08 Å². The summed E-state index contributed by atoms with van der Waals surface area (Å²) < 4.78 is 0. The minimum Gasteiger partial charge on any atom is -0.103 e. The number of unbranched alkanes of at least 4 members (excludes halogenated alkanes) is 2. The fourth-order valence-electron chi connectivity index (χ4n) is 2.30. The van der Waals surface area contributed by atoms with E-state index in [9.17, 15) is 0 Å². The lowest BCUT2D eigenvalue weighted by atomic mass is 9.92. The minimum absolute atomic E-state index is 0.899. The highest BCUT2D eigenvalue weighted by molar-refractivity contribution is 4.93. The second kappa shape index (κ2) is 12.0. The van der Waals surface area contributed by atoms with E-state index >= 15 is 0 Å². The molecule has 0 aliphatic carbocycles. The molecule has 0 aromatic rings. The van der Waals surface area contributed by atoms with E-state index in [2.05, 4.69) is 27.0 Å². The van der Waals surface area contributed by atoms with Gasteiger partial charge in [-0.3, -0.25) is 0 Å². The maximum atomic E-state index is 4.20. The average molecular weight is 236 g/mol. The maximum absolute atomic E-state index is 4.20. The van der Waals surface area contributed by atoms with Crippen LogP contribution in [-0.4, -0.2) is 0 Å². The van der Waals surface area contributed by atoms with Gasteiger partial charge in [0.05, 0.1) is 0 Å². The van der Waals surface area contributed by atoms with Gasteiger partial charge in [-0.15, -0.1) is 6.58 Å². The summed E-state index contributed by atoms with van der Waals surface area (Å²) in [6.45, 7) is 12.6. The van der Waals surface area contributed by atoms with Gasteiger partial charge in [-0.1, -0.05) is 57.8 Å². The van der Waals surface area contributed by atoms with E-state index in [-0.39, 0.29) is 0 Å². The van der Waals surface area contributed by atoms with Crippen LogP contribution < -0.4 is 0 Å².